The summed E-state index contributed by atoms with van der Waals surface area (Å²) >= 11 is 0. The minimum atomic E-state index is -4.20. The van der Waals surface area contributed by atoms with E-state index in [0.717, 1.165) is 32.5 Å². The van der Waals surface area contributed by atoms with E-state index in [-0.39, 0.29) is 6.61 Å². The van der Waals surface area contributed by atoms with Crippen molar-refractivity contribution in [2.45, 2.75) is 31.5 Å². The largest absolute Gasteiger partial charge is 0.411 e. The summed E-state index contributed by atoms with van der Waals surface area (Å²) in [6.07, 6.45) is -1.31. The van der Waals surface area contributed by atoms with Crippen LogP contribution in [-0.4, -0.2) is 57.0 Å². The number of nitrogens with zero attached hydrogens (tertiary/aromatic N) is 1. The van der Waals surface area contributed by atoms with Gasteiger partial charge in [-0.05, 0) is 39.4 Å². The van der Waals surface area contributed by atoms with Gasteiger partial charge in [-0.15, -0.1) is 0 Å². The third-order valence-corrected chi connectivity index (χ3v) is 3.02. The third-order valence-electron chi connectivity index (χ3n) is 3.02. The van der Waals surface area contributed by atoms with Crippen LogP contribution in [-0.2, 0) is 4.74 Å². The Morgan fingerprint density at radius 2 is 1.94 bits per heavy atom. The molecule has 3 nitrogen and oxygen atoms in total. The van der Waals surface area contributed by atoms with Crippen molar-refractivity contribution in [3.05, 3.63) is 0 Å². The van der Waals surface area contributed by atoms with E-state index in [9.17, 15) is 13.2 Å². The molecule has 0 unspecified atom stereocenters. The Kier molecular flexibility index (Phi) is 6.22. The molecule has 0 aliphatic carbocycles. The molecule has 0 bridgehead atoms. The highest BCUT2D eigenvalue weighted by Gasteiger charge is 2.27. The Labute approximate surface area is 100 Å². The Balaban J connectivity index is 1.97. The standard InChI is InChI=1S/C11H21F3N2O/c1-15-10-3-6-16(7-4-10)5-2-8-17-9-11(12,13)14/h10,15H,2-9H2,1H3. The van der Waals surface area contributed by atoms with Crippen molar-refractivity contribution in [1.82, 2.24) is 10.2 Å². The fourth-order valence-electron chi connectivity index (χ4n) is 2.02. The normalized spacial score (nSPS) is 19.8. The van der Waals surface area contributed by atoms with Gasteiger partial charge in [0.2, 0.25) is 0 Å². The molecular weight excluding hydrogens is 233 g/mol. The van der Waals surface area contributed by atoms with E-state index in [1.807, 2.05) is 7.05 Å². The van der Waals surface area contributed by atoms with Crippen molar-refractivity contribution in [3.63, 3.8) is 0 Å². The summed E-state index contributed by atoms with van der Waals surface area (Å²) in [5.41, 5.74) is 0. The third kappa shape index (κ3) is 6.85. The molecular formula is C11H21F3N2O. The summed E-state index contributed by atoms with van der Waals surface area (Å²) in [4.78, 5) is 2.28. The first-order chi connectivity index (χ1) is 8.01. The summed E-state index contributed by atoms with van der Waals surface area (Å²) in [6.45, 7) is 1.92. The molecule has 1 aliphatic heterocycles. The van der Waals surface area contributed by atoms with Crippen LogP contribution >= 0.6 is 0 Å². The lowest BCUT2D eigenvalue weighted by molar-refractivity contribution is -0.174. The van der Waals surface area contributed by atoms with Crippen LogP contribution in [0.5, 0.6) is 0 Å². The average molecular weight is 254 g/mol. The van der Waals surface area contributed by atoms with Crippen LogP contribution in [0.3, 0.4) is 0 Å². The van der Waals surface area contributed by atoms with Gasteiger partial charge in [0.15, 0.2) is 0 Å². The van der Waals surface area contributed by atoms with Crippen molar-refractivity contribution in [2.24, 2.45) is 0 Å². The summed E-state index contributed by atoms with van der Waals surface area (Å²) in [5, 5.41) is 3.24. The zero-order chi connectivity index (χ0) is 12.7. The quantitative estimate of drug-likeness (QED) is 0.729. The van der Waals surface area contributed by atoms with E-state index in [1.54, 1.807) is 0 Å². The predicted octanol–water partition coefficient (Wildman–Crippen LogP) is 1.64. The van der Waals surface area contributed by atoms with Gasteiger partial charge in [-0.25, -0.2) is 0 Å². The van der Waals surface area contributed by atoms with Crippen LogP contribution in [0.2, 0.25) is 0 Å². The summed E-state index contributed by atoms with van der Waals surface area (Å²) in [5.74, 6) is 0. The lowest BCUT2D eigenvalue weighted by atomic mass is 10.1. The predicted molar refractivity (Wildman–Crippen MR) is 60.0 cm³/mol. The highest BCUT2D eigenvalue weighted by molar-refractivity contribution is 4.75. The van der Waals surface area contributed by atoms with Gasteiger partial charge in [0, 0.05) is 19.2 Å². The maximum atomic E-state index is 11.8. The Morgan fingerprint density at radius 3 is 2.47 bits per heavy atom. The zero-order valence-corrected chi connectivity index (χ0v) is 10.2. The van der Waals surface area contributed by atoms with Crippen LogP contribution < -0.4 is 5.32 Å². The van der Waals surface area contributed by atoms with E-state index < -0.39 is 12.8 Å². The number of nitrogens with one attached hydrogen (secondary N) is 1. The van der Waals surface area contributed by atoms with Crippen LogP contribution in [0.25, 0.3) is 0 Å². The number of alkyl halides is 3. The smallest absolute Gasteiger partial charge is 0.372 e. The van der Waals surface area contributed by atoms with Gasteiger partial charge in [0.1, 0.15) is 6.61 Å². The molecule has 0 aromatic heterocycles. The van der Waals surface area contributed by atoms with E-state index in [1.165, 1.54) is 0 Å². The van der Waals surface area contributed by atoms with E-state index in [0.29, 0.717) is 12.5 Å². The lowest BCUT2D eigenvalue weighted by Gasteiger charge is -2.31. The van der Waals surface area contributed by atoms with Gasteiger partial charge in [-0.3, -0.25) is 0 Å². The molecule has 1 rings (SSSR count). The zero-order valence-electron chi connectivity index (χ0n) is 10.2. The van der Waals surface area contributed by atoms with Crippen LogP contribution in [0.4, 0.5) is 13.2 Å². The maximum Gasteiger partial charge on any atom is 0.411 e. The van der Waals surface area contributed by atoms with Gasteiger partial charge in [0.05, 0.1) is 0 Å². The van der Waals surface area contributed by atoms with Gasteiger partial charge < -0.3 is 15.0 Å². The Bertz CT molecular complexity index is 203. The van der Waals surface area contributed by atoms with Crippen LogP contribution in [0, 0.1) is 0 Å². The number of hydrogen-bond acceptors (Lipinski definition) is 3. The molecule has 1 aliphatic rings. The molecule has 0 aromatic rings. The minimum absolute atomic E-state index is 0.186. The fourth-order valence-corrected chi connectivity index (χ4v) is 2.02. The highest BCUT2D eigenvalue weighted by atomic mass is 19.4. The first-order valence-corrected chi connectivity index (χ1v) is 6.05. The molecule has 1 saturated heterocycles. The van der Waals surface area contributed by atoms with Crippen molar-refractivity contribution >= 4 is 0 Å². The molecule has 1 fully saturated rings. The van der Waals surface area contributed by atoms with E-state index >= 15 is 0 Å². The molecule has 0 spiro atoms. The van der Waals surface area contributed by atoms with Gasteiger partial charge in [-0.1, -0.05) is 0 Å². The first-order valence-electron chi connectivity index (χ1n) is 6.05. The second-order valence-corrected chi connectivity index (χ2v) is 4.43. The fraction of sp³-hybridized carbons (Fsp3) is 1.00. The number of ether oxygens (including phenoxy) is 1. The molecule has 6 heteroatoms. The van der Waals surface area contributed by atoms with Crippen LogP contribution in [0.1, 0.15) is 19.3 Å². The van der Waals surface area contributed by atoms with Gasteiger partial charge in [-0.2, -0.15) is 13.2 Å². The number of rotatable bonds is 6. The van der Waals surface area contributed by atoms with E-state index in [4.69, 9.17) is 0 Å². The molecule has 0 amide bonds. The topological polar surface area (TPSA) is 24.5 Å². The van der Waals surface area contributed by atoms with Crippen molar-refractivity contribution in [2.75, 3.05) is 39.9 Å². The first kappa shape index (κ1) is 14.7. The molecule has 0 saturated carbocycles. The molecule has 0 aromatic carbocycles. The second kappa shape index (κ2) is 7.18. The maximum absolute atomic E-state index is 11.8. The summed E-state index contributed by atoms with van der Waals surface area (Å²) < 4.78 is 39.9. The molecule has 102 valence electrons. The summed E-state index contributed by atoms with van der Waals surface area (Å²) in [6, 6.07) is 0.590. The number of piperidine rings is 1. The molecule has 0 radical (unpaired) electrons. The molecule has 1 heterocycles. The SMILES string of the molecule is CNC1CCN(CCCOCC(F)(F)F)CC1. The Hall–Kier alpha value is -0.330. The average Bonchev–Trinajstić information content (AvgIpc) is 2.28. The van der Waals surface area contributed by atoms with Crippen LogP contribution in [0.15, 0.2) is 0 Å². The second-order valence-electron chi connectivity index (χ2n) is 4.43. The van der Waals surface area contributed by atoms with Gasteiger partial charge in [0.25, 0.3) is 0 Å². The number of halogens is 3. The molecule has 0 atom stereocenters. The summed E-state index contributed by atoms with van der Waals surface area (Å²) in [7, 11) is 1.96. The monoisotopic (exact) mass is 254 g/mol. The molecule has 17 heavy (non-hydrogen) atoms. The number of hydrogen-bond donors (Lipinski definition) is 1. The Morgan fingerprint density at radius 1 is 1.29 bits per heavy atom. The van der Waals surface area contributed by atoms with Crippen molar-refractivity contribution in [3.8, 4) is 0 Å². The molecule has 1 N–H and O–H groups in total. The van der Waals surface area contributed by atoms with Gasteiger partial charge >= 0.3 is 6.18 Å². The van der Waals surface area contributed by atoms with Crippen molar-refractivity contribution in [1.29, 1.82) is 0 Å². The number of likely N-dealkylation sites (tertiary alicyclic amines) is 1. The lowest BCUT2D eigenvalue weighted by Crippen LogP contribution is -2.41. The highest BCUT2D eigenvalue weighted by Crippen LogP contribution is 2.14. The minimum Gasteiger partial charge on any atom is -0.372 e. The van der Waals surface area contributed by atoms with E-state index in [2.05, 4.69) is 15.0 Å². The van der Waals surface area contributed by atoms with Crippen molar-refractivity contribution < 1.29 is 17.9 Å².